The lowest BCUT2D eigenvalue weighted by molar-refractivity contribution is 0.250. The highest BCUT2D eigenvalue weighted by molar-refractivity contribution is 7.80. The average molecular weight is 273 g/mol. The molecule has 2 rings (SSSR count). The number of aliphatic hydroxyl groups excluding tert-OH is 1. The fraction of sp³-hybridized carbons (Fsp3) is 0.133. The molecule has 0 aliphatic heterocycles. The van der Waals surface area contributed by atoms with Gasteiger partial charge in [-0.05, 0) is 29.8 Å². The predicted molar refractivity (Wildman–Crippen MR) is 80.6 cm³/mol. The molecule has 0 aliphatic rings. The van der Waals surface area contributed by atoms with E-state index in [-0.39, 0.29) is 0 Å². The van der Waals surface area contributed by atoms with E-state index in [1.54, 1.807) is 7.11 Å². The first-order chi connectivity index (χ1) is 9.20. The molecule has 3 nitrogen and oxygen atoms in total. The standard InChI is InChI=1S/C15H15NO2S/c1-18-13-9-7-12(8-10-13)16-15(19)14(17)11-5-3-2-4-6-11/h2-10,14,17H,1H3,(H,16,19). The summed E-state index contributed by atoms with van der Waals surface area (Å²) in [7, 11) is 1.62. The number of ether oxygens (including phenoxy) is 1. The van der Waals surface area contributed by atoms with Crippen molar-refractivity contribution in [2.45, 2.75) is 6.10 Å². The summed E-state index contributed by atoms with van der Waals surface area (Å²) in [5.74, 6) is 0.778. The van der Waals surface area contributed by atoms with Crippen molar-refractivity contribution in [2.75, 3.05) is 12.4 Å². The van der Waals surface area contributed by atoms with Gasteiger partial charge in [-0.3, -0.25) is 0 Å². The second-order valence-electron chi connectivity index (χ2n) is 4.03. The Morgan fingerprint density at radius 2 is 1.74 bits per heavy atom. The Hall–Kier alpha value is -1.91. The van der Waals surface area contributed by atoms with Crippen molar-refractivity contribution in [1.82, 2.24) is 0 Å². The molecule has 1 atom stereocenters. The summed E-state index contributed by atoms with van der Waals surface area (Å²) < 4.78 is 5.08. The Labute approximate surface area is 117 Å². The van der Waals surface area contributed by atoms with Gasteiger partial charge < -0.3 is 15.2 Å². The van der Waals surface area contributed by atoms with Crippen molar-refractivity contribution in [2.24, 2.45) is 0 Å². The number of thiocarbonyl (C=S) groups is 1. The molecule has 1 unspecified atom stereocenters. The van der Waals surface area contributed by atoms with Crippen LogP contribution in [0.25, 0.3) is 0 Å². The molecule has 2 N–H and O–H groups in total. The summed E-state index contributed by atoms with van der Waals surface area (Å²) in [5, 5.41) is 13.1. The van der Waals surface area contributed by atoms with E-state index in [4.69, 9.17) is 17.0 Å². The highest BCUT2D eigenvalue weighted by Crippen LogP contribution is 2.19. The van der Waals surface area contributed by atoms with Crippen LogP contribution in [0.5, 0.6) is 5.75 Å². The summed E-state index contributed by atoms with van der Waals surface area (Å²) in [4.78, 5) is 0.372. The molecule has 2 aromatic rings. The Kier molecular flexibility index (Phi) is 4.49. The van der Waals surface area contributed by atoms with Crippen LogP contribution in [0, 0.1) is 0 Å². The van der Waals surface area contributed by atoms with Gasteiger partial charge >= 0.3 is 0 Å². The molecule has 0 heterocycles. The van der Waals surface area contributed by atoms with Crippen molar-refractivity contribution in [3.8, 4) is 5.75 Å². The maximum absolute atomic E-state index is 10.1. The summed E-state index contributed by atoms with van der Waals surface area (Å²) in [6.07, 6.45) is -0.807. The fourth-order valence-electron chi connectivity index (χ4n) is 1.67. The second kappa shape index (κ2) is 6.31. The topological polar surface area (TPSA) is 41.5 Å². The first kappa shape index (κ1) is 13.5. The van der Waals surface area contributed by atoms with Crippen LogP contribution in [0.2, 0.25) is 0 Å². The third-order valence-corrected chi connectivity index (χ3v) is 3.05. The molecule has 0 spiro atoms. The van der Waals surface area contributed by atoms with E-state index in [1.807, 2.05) is 54.6 Å². The fourth-order valence-corrected chi connectivity index (χ4v) is 1.93. The molecule has 98 valence electrons. The number of hydrogen-bond donors (Lipinski definition) is 2. The van der Waals surface area contributed by atoms with E-state index in [0.29, 0.717) is 4.99 Å². The van der Waals surface area contributed by atoms with Gasteiger partial charge in [0.1, 0.15) is 16.8 Å². The van der Waals surface area contributed by atoms with Gasteiger partial charge in [0.2, 0.25) is 0 Å². The smallest absolute Gasteiger partial charge is 0.129 e. The zero-order valence-corrected chi connectivity index (χ0v) is 11.4. The predicted octanol–water partition coefficient (Wildman–Crippen LogP) is 3.17. The van der Waals surface area contributed by atoms with Gasteiger partial charge in [0.15, 0.2) is 0 Å². The second-order valence-corrected chi connectivity index (χ2v) is 4.47. The van der Waals surface area contributed by atoms with Gasteiger partial charge in [-0.2, -0.15) is 0 Å². The van der Waals surface area contributed by atoms with Gasteiger partial charge in [0, 0.05) is 5.69 Å². The number of benzene rings is 2. The molecule has 4 heteroatoms. The third-order valence-electron chi connectivity index (χ3n) is 2.72. The van der Waals surface area contributed by atoms with Gasteiger partial charge in [0.05, 0.1) is 7.11 Å². The normalized spacial score (nSPS) is 11.7. The maximum atomic E-state index is 10.1. The van der Waals surface area contributed by atoms with Gasteiger partial charge in [-0.15, -0.1) is 0 Å². The first-order valence-electron chi connectivity index (χ1n) is 5.88. The highest BCUT2D eigenvalue weighted by Gasteiger charge is 2.12. The quantitative estimate of drug-likeness (QED) is 0.840. The largest absolute Gasteiger partial charge is 0.497 e. The molecule has 0 saturated heterocycles. The van der Waals surface area contributed by atoms with Crippen molar-refractivity contribution in [3.63, 3.8) is 0 Å². The number of nitrogens with one attached hydrogen (secondary N) is 1. The molecular formula is C15H15NO2S. The lowest BCUT2D eigenvalue weighted by Crippen LogP contribution is -2.18. The molecule has 0 bridgehead atoms. The lowest BCUT2D eigenvalue weighted by atomic mass is 10.1. The number of rotatable bonds is 4. The van der Waals surface area contributed by atoms with Gasteiger partial charge in [0.25, 0.3) is 0 Å². The number of anilines is 1. The Bertz CT molecular complexity index is 540. The molecule has 19 heavy (non-hydrogen) atoms. The van der Waals surface area contributed by atoms with Crippen molar-refractivity contribution in [3.05, 3.63) is 60.2 Å². The summed E-state index contributed by atoms with van der Waals surface area (Å²) in [6.45, 7) is 0. The van der Waals surface area contributed by atoms with E-state index in [0.717, 1.165) is 17.0 Å². The van der Waals surface area contributed by atoms with Crippen LogP contribution in [0.3, 0.4) is 0 Å². The summed E-state index contributed by atoms with van der Waals surface area (Å²) in [5.41, 5.74) is 1.59. The van der Waals surface area contributed by atoms with Gasteiger partial charge in [-0.25, -0.2) is 0 Å². The molecule has 0 fully saturated rings. The van der Waals surface area contributed by atoms with E-state index in [2.05, 4.69) is 5.32 Å². The maximum Gasteiger partial charge on any atom is 0.129 e. The molecule has 0 radical (unpaired) electrons. The van der Waals surface area contributed by atoms with Crippen LogP contribution in [0.4, 0.5) is 5.69 Å². The van der Waals surface area contributed by atoms with Crippen LogP contribution < -0.4 is 10.1 Å². The minimum atomic E-state index is -0.807. The minimum Gasteiger partial charge on any atom is -0.497 e. The van der Waals surface area contributed by atoms with Crippen LogP contribution in [-0.2, 0) is 0 Å². The van der Waals surface area contributed by atoms with Crippen LogP contribution in [-0.4, -0.2) is 17.2 Å². The Morgan fingerprint density at radius 1 is 1.11 bits per heavy atom. The third kappa shape index (κ3) is 3.53. The molecular weight excluding hydrogens is 258 g/mol. The monoisotopic (exact) mass is 273 g/mol. The molecule has 0 aliphatic carbocycles. The van der Waals surface area contributed by atoms with Gasteiger partial charge in [-0.1, -0.05) is 42.5 Å². The Morgan fingerprint density at radius 3 is 2.32 bits per heavy atom. The SMILES string of the molecule is COc1ccc(NC(=S)C(O)c2ccccc2)cc1. The van der Waals surface area contributed by atoms with E-state index in [9.17, 15) is 5.11 Å². The molecule has 0 saturated carbocycles. The van der Waals surface area contributed by atoms with Crippen LogP contribution in [0.1, 0.15) is 11.7 Å². The molecule has 0 aromatic heterocycles. The first-order valence-corrected chi connectivity index (χ1v) is 6.29. The van der Waals surface area contributed by atoms with Crippen molar-refractivity contribution in [1.29, 1.82) is 0 Å². The zero-order valence-electron chi connectivity index (χ0n) is 10.5. The van der Waals surface area contributed by atoms with Crippen molar-refractivity contribution >= 4 is 22.9 Å². The van der Waals surface area contributed by atoms with E-state index < -0.39 is 6.10 Å². The minimum absolute atomic E-state index is 0.372. The number of aliphatic hydroxyl groups is 1. The van der Waals surface area contributed by atoms with E-state index in [1.165, 1.54) is 0 Å². The molecule has 0 amide bonds. The summed E-state index contributed by atoms with van der Waals surface area (Å²) in [6, 6.07) is 16.7. The Balaban J connectivity index is 2.04. The molecule has 2 aromatic carbocycles. The van der Waals surface area contributed by atoms with Crippen molar-refractivity contribution < 1.29 is 9.84 Å². The highest BCUT2D eigenvalue weighted by atomic mass is 32.1. The number of methoxy groups -OCH3 is 1. The summed E-state index contributed by atoms with van der Waals surface area (Å²) >= 11 is 5.21. The van der Waals surface area contributed by atoms with Crippen LogP contribution >= 0.6 is 12.2 Å². The lowest BCUT2D eigenvalue weighted by Gasteiger charge is -2.14. The van der Waals surface area contributed by atoms with Crippen LogP contribution in [0.15, 0.2) is 54.6 Å². The van der Waals surface area contributed by atoms with E-state index >= 15 is 0 Å². The zero-order chi connectivity index (χ0) is 13.7. The average Bonchev–Trinajstić information content (AvgIpc) is 2.48. The number of hydrogen-bond acceptors (Lipinski definition) is 3.